The topological polar surface area (TPSA) is 118 Å². The van der Waals surface area contributed by atoms with Gasteiger partial charge in [0, 0.05) is 25.2 Å². The molecule has 108 valence electrons. The van der Waals surface area contributed by atoms with E-state index in [1.807, 2.05) is 0 Å². The van der Waals surface area contributed by atoms with Gasteiger partial charge < -0.3 is 14.9 Å². The first kappa shape index (κ1) is 14.4. The molecule has 8 nitrogen and oxygen atoms in total. The van der Waals surface area contributed by atoms with E-state index < -0.39 is 5.97 Å². The van der Waals surface area contributed by atoms with Crippen LogP contribution in [-0.4, -0.2) is 38.7 Å². The molecule has 0 aliphatic carbocycles. The minimum atomic E-state index is -1.04. The molecule has 0 fully saturated rings. The molecule has 2 heterocycles. The Morgan fingerprint density at radius 2 is 2.19 bits per heavy atom. The van der Waals surface area contributed by atoms with Gasteiger partial charge in [-0.15, -0.1) is 0 Å². The molecule has 0 aliphatic heterocycles. The first-order chi connectivity index (χ1) is 10.1. The summed E-state index contributed by atoms with van der Waals surface area (Å²) in [6, 6.07) is 3.13. The molecule has 2 aromatic rings. The van der Waals surface area contributed by atoms with Crippen molar-refractivity contribution in [1.29, 1.82) is 0 Å². The summed E-state index contributed by atoms with van der Waals surface area (Å²) in [4.78, 5) is 30.0. The number of nitrogens with zero attached hydrogens (tertiary/aromatic N) is 3. The van der Waals surface area contributed by atoms with E-state index in [1.165, 1.54) is 24.7 Å². The van der Waals surface area contributed by atoms with Gasteiger partial charge in [0.1, 0.15) is 5.69 Å². The van der Waals surface area contributed by atoms with Crippen molar-refractivity contribution in [2.45, 2.75) is 6.42 Å². The molecule has 2 aromatic heterocycles. The fourth-order valence-electron chi connectivity index (χ4n) is 1.49. The van der Waals surface area contributed by atoms with E-state index in [-0.39, 0.29) is 11.6 Å². The quantitative estimate of drug-likeness (QED) is 0.744. The maximum absolute atomic E-state index is 11.8. The van der Waals surface area contributed by atoms with Gasteiger partial charge in [-0.25, -0.2) is 4.79 Å². The summed E-state index contributed by atoms with van der Waals surface area (Å²) >= 11 is 0. The number of hydrogen-bond donors (Lipinski definition) is 2. The van der Waals surface area contributed by atoms with Crippen LogP contribution in [-0.2, 0) is 11.2 Å². The molecule has 0 saturated carbocycles. The molecule has 0 saturated heterocycles. The third kappa shape index (κ3) is 4.53. The predicted octanol–water partition coefficient (Wildman–Crippen LogP) is 0.535. The number of hydrogen-bond acceptors (Lipinski definition) is 6. The number of carboxylic acids is 1. The zero-order valence-electron chi connectivity index (χ0n) is 10.9. The summed E-state index contributed by atoms with van der Waals surface area (Å²) in [6.07, 6.45) is 5.55. The number of nitrogens with one attached hydrogen (secondary N) is 1. The molecule has 0 atom stereocenters. The molecular formula is C13H12N4O4. The van der Waals surface area contributed by atoms with Crippen LogP contribution in [0.4, 0.5) is 0 Å². The first-order valence-electron chi connectivity index (χ1n) is 6.06. The van der Waals surface area contributed by atoms with E-state index in [1.54, 1.807) is 6.07 Å². The van der Waals surface area contributed by atoms with Crippen LogP contribution in [0, 0.1) is 0 Å². The lowest BCUT2D eigenvalue weighted by molar-refractivity contribution is -0.131. The number of carbonyl (C=O) groups is 2. The van der Waals surface area contributed by atoms with Crippen LogP contribution in [0.3, 0.4) is 0 Å². The summed E-state index contributed by atoms with van der Waals surface area (Å²) < 4.78 is 4.80. The Morgan fingerprint density at radius 1 is 1.33 bits per heavy atom. The van der Waals surface area contributed by atoms with Crippen LogP contribution >= 0.6 is 0 Å². The van der Waals surface area contributed by atoms with Crippen molar-refractivity contribution in [2.75, 3.05) is 6.54 Å². The zero-order chi connectivity index (χ0) is 15.1. The molecule has 2 N–H and O–H groups in total. The number of rotatable bonds is 6. The van der Waals surface area contributed by atoms with Gasteiger partial charge in [-0.3, -0.25) is 9.78 Å². The highest BCUT2D eigenvalue weighted by molar-refractivity contribution is 5.92. The maximum Gasteiger partial charge on any atom is 0.328 e. The third-order valence-corrected chi connectivity index (χ3v) is 2.47. The van der Waals surface area contributed by atoms with Crippen molar-refractivity contribution in [3.05, 3.63) is 47.9 Å². The van der Waals surface area contributed by atoms with Gasteiger partial charge in [0.2, 0.25) is 5.89 Å². The predicted molar refractivity (Wildman–Crippen MR) is 71.2 cm³/mol. The number of pyridine rings is 1. The largest absolute Gasteiger partial charge is 0.478 e. The van der Waals surface area contributed by atoms with Crippen molar-refractivity contribution >= 4 is 18.0 Å². The summed E-state index contributed by atoms with van der Waals surface area (Å²) in [5.41, 5.74) is 0.841. The van der Waals surface area contributed by atoms with Gasteiger partial charge in [-0.2, -0.15) is 4.98 Å². The molecule has 21 heavy (non-hydrogen) atoms. The standard InChI is InChI=1S/C13H12N4O4/c18-12(19)4-2-9-1-3-10(15-7-9)13(20)14-6-5-11-16-8-17-21-11/h1-4,7-8H,5-6H2,(H,14,20)(H,18,19)/b4-2+. The van der Waals surface area contributed by atoms with Gasteiger partial charge in [-0.1, -0.05) is 11.2 Å². The van der Waals surface area contributed by atoms with Gasteiger partial charge in [0.25, 0.3) is 5.91 Å². The van der Waals surface area contributed by atoms with Gasteiger partial charge >= 0.3 is 5.97 Å². The van der Waals surface area contributed by atoms with E-state index >= 15 is 0 Å². The Labute approximate surface area is 119 Å². The van der Waals surface area contributed by atoms with E-state index in [0.29, 0.717) is 24.4 Å². The fraction of sp³-hybridized carbons (Fsp3) is 0.154. The van der Waals surface area contributed by atoms with E-state index in [9.17, 15) is 9.59 Å². The smallest absolute Gasteiger partial charge is 0.328 e. The summed E-state index contributed by atoms with van der Waals surface area (Å²) in [5.74, 6) is -0.932. The number of carboxylic acid groups (broad SMARTS) is 1. The lowest BCUT2D eigenvalue weighted by Gasteiger charge is -2.03. The molecule has 8 heteroatoms. The van der Waals surface area contributed by atoms with Crippen LogP contribution in [0.1, 0.15) is 21.9 Å². The molecular weight excluding hydrogens is 276 g/mol. The zero-order valence-corrected chi connectivity index (χ0v) is 10.9. The Kier molecular flexibility index (Phi) is 4.75. The van der Waals surface area contributed by atoms with Crippen LogP contribution in [0.15, 0.2) is 35.3 Å². The second kappa shape index (κ2) is 6.94. The second-order valence-electron chi connectivity index (χ2n) is 3.99. The molecule has 2 rings (SSSR count). The highest BCUT2D eigenvalue weighted by Gasteiger charge is 2.07. The number of carbonyl (C=O) groups excluding carboxylic acids is 1. The lowest BCUT2D eigenvalue weighted by atomic mass is 10.2. The minimum Gasteiger partial charge on any atom is -0.478 e. The van der Waals surface area contributed by atoms with Gasteiger partial charge in [0.05, 0.1) is 0 Å². The van der Waals surface area contributed by atoms with Crippen LogP contribution in [0.25, 0.3) is 6.08 Å². The number of aromatic nitrogens is 3. The molecule has 0 radical (unpaired) electrons. The number of aliphatic carboxylic acids is 1. The van der Waals surface area contributed by atoms with Crippen LogP contribution in [0.2, 0.25) is 0 Å². The molecule has 0 unspecified atom stereocenters. The molecule has 0 aliphatic rings. The minimum absolute atomic E-state index is 0.244. The summed E-state index contributed by atoms with van der Waals surface area (Å²) in [5, 5.41) is 14.6. The monoisotopic (exact) mass is 288 g/mol. The fourth-order valence-corrected chi connectivity index (χ4v) is 1.49. The number of amides is 1. The van der Waals surface area contributed by atoms with E-state index in [2.05, 4.69) is 20.4 Å². The Bertz CT molecular complexity index is 635. The van der Waals surface area contributed by atoms with Crippen LogP contribution < -0.4 is 5.32 Å². The van der Waals surface area contributed by atoms with Crippen molar-refractivity contribution in [1.82, 2.24) is 20.4 Å². The SMILES string of the molecule is O=C(O)/C=C/c1ccc(C(=O)NCCc2ncno2)nc1. The Hall–Kier alpha value is -3.03. The maximum atomic E-state index is 11.8. The van der Waals surface area contributed by atoms with Crippen molar-refractivity contribution in [3.8, 4) is 0 Å². The first-order valence-corrected chi connectivity index (χ1v) is 6.06. The van der Waals surface area contributed by atoms with Gasteiger partial charge in [0.15, 0.2) is 6.33 Å². The van der Waals surface area contributed by atoms with Crippen LogP contribution in [0.5, 0.6) is 0 Å². The summed E-state index contributed by atoms with van der Waals surface area (Å²) in [7, 11) is 0. The summed E-state index contributed by atoms with van der Waals surface area (Å²) in [6.45, 7) is 0.351. The van der Waals surface area contributed by atoms with E-state index in [4.69, 9.17) is 9.63 Å². The average Bonchev–Trinajstić information content (AvgIpc) is 2.99. The molecule has 0 bridgehead atoms. The second-order valence-corrected chi connectivity index (χ2v) is 3.99. The van der Waals surface area contributed by atoms with Crippen molar-refractivity contribution < 1.29 is 19.2 Å². The van der Waals surface area contributed by atoms with Crippen molar-refractivity contribution in [3.63, 3.8) is 0 Å². The van der Waals surface area contributed by atoms with Crippen molar-refractivity contribution in [2.24, 2.45) is 0 Å². The normalized spacial score (nSPS) is 10.7. The molecule has 0 aromatic carbocycles. The van der Waals surface area contributed by atoms with E-state index in [0.717, 1.165) is 6.08 Å². The molecule has 0 spiro atoms. The Balaban J connectivity index is 1.86. The highest BCUT2D eigenvalue weighted by Crippen LogP contribution is 2.03. The molecule has 1 amide bonds. The lowest BCUT2D eigenvalue weighted by Crippen LogP contribution is -2.26. The highest BCUT2D eigenvalue weighted by atomic mass is 16.5. The van der Waals surface area contributed by atoms with Gasteiger partial charge in [-0.05, 0) is 17.7 Å². The Morgan fingerprint density at radius 3 is 2.81 bits per heavy atom. The average molecular weight is 288 g/mol. The third-order valence-electron chi connectivity index (χ3n) is 2.47.